The van der Waals surface area contributed by atoms with E-state index in [4.69, 9.17) is 0 Å². The lowest BCUT2D eigenvalue weighted by atomic mass is 10.2. The van der Waals surface area contributed by atoms with Crippen LogP contribution in [-0.4, -0.2) is 73.5 Å². The number of likely N-dealkylation sites (tertiary alicyclic amines) is 1. The second-order valence-electron chi connectivity index (χ2n) is 5.35. The quantitative estimate of drug-likeness (QED) is 0.760. The number of fused-ring (bicyclic) bond motifs is 2. The Labute approximate surface area is 112 Å². The lowest BCUT2D eigenvalue weighted by Crippen LogP contribution is -2.52. The molecule has 0 radical (unpaired) electrons. The highest BCUT2D eigenvalue weighted by Crippen LogP contribution is 2.28. The van der Waals surface area contributed by atoms with Crippen LogP contribution in [0.4, 0.5) is 0 Å². The summed E-state index contributed by atoms with van der Waals surface area (Å²) in [5.41, 5.74) is 0. The van der Waals surface area contributed by atoms with Gasteiger partial charge in [-0.3, -0.25) is 14.6 Å². The Balaban J connectivity index is 0.000000771. The molecule has 0 N–H and O–H groups in total. The summed E-state index contributed by atoms with van der Waals surface area (Å²) in [6.07, 6.45) is 3.33. The molecule has 2 heterocycles. The molecule has 106 valence electrons. The van der Waals surface area contributed by atoms with Gasteiger partial charge in [-0.1, -0.05) is 13.8 Å². The minimum Gasteiger partial charge on any atom is -0.349 e. The maximum atomic E-state index is 11.5. The molecule has 2 rings (SSSR count). The fourth-order valence-electron chi connectivity index (χ4n) is 2.86. The van der Waals surface area contributed by atoms with Crippen molar-refractivity contribution < 1.29 is 4.79 Å². The van der Waals surface area contributed by atoms with E-state index >= 15 is 0 Å². The van der Waals surface area contributed by atoms with Crippen LogP contribution in [0, 0.1) is 0 Å². The molecule has 4 heteroatoms. The Bertz CT molecular complexity index is 254. The smallest absolute Gasteiger partial charge is 0.223 e. The number of hydrogen-bond donors (Lipinski definition) is 0. The fourth-order valence-corrected chi connectivity index (χ4v) is 2.86. The van der Waals surface area contributed by atoms with E-state index in [9.17, 15) is 4.79 Å². The molecule has 0 aromatic heterocycles. The van der Waals surface area contributed by atoms with Crippen LogP contribution in [0.3, 0.4) is 0 Å². The van der Waals surface area contributed by atoms with Crippen LogP contribution in [0.25, 0.3) is 0 Å². The summed E-state index contributed by atoms with van der Waals surface area (Å²) in [5.74, 6) is 0.242. The van der Waals surface area contributed by atoms with Crippen LogP contribution in [0.1, 0.15) is 33.1 Å². The van der Waals surface area contributed by atoms with Gasteiger partial charge in [0.25, 0.3) is 0 Å². The third-order valence-corrected chi connectivity index (χ3v) is 4.06. The van der Waals surface area contributed by atoms with Gasteiger partial charge in [0.15, 0.2) is 0 Å². The highest BCUT2D eigenvalue weighted by atomic mass is 16.2. The van der Waals surface area contributed by atoms with Gasteiger partial charge < -0.3 is 4.90 Å². The van der Waals surface area contributed by atoms with Crippen molar-refractivity contribution in [3.63, 3.8) is 0 Å². The summed E-state index contributed by atoms with van der Waals surface area (Å²) >= 11 is 0. The Morgan fingerprint density at radius 3 is 2.11 bits per heavy atom. The zero-order chi connectivity index (χ0) is 13.7. The van der Waals surface area contributed by atoms with E-state index in [1.807, 2.05) is 27.9 Å². The van der Waals surface area contributed by atoms with E-state index in [1.165, 1.54) is 12.8 Å². The van der Waals surface area contributed by atoms with Crippen molar-refractivity contribution in [1.82, 2.24) is 14.7 Å². The van der Waals surface area contributed by atoms with Crippen LogP contribution < -0.4 is 0 Å². The average molecular weight is 255 g/mol. The van der Waals surface area contributed by atoms with Crippen molar-refractivity contribution in [2.45, 2.75) is 45.2 Å². The number of amides is 1. The van der Waals surface area contributed by atoms with Crippen molar-refractivity contribution in [1.29, 1.82) is 0 Å². The number of likely N-dealkylation sites (N-methyl/N-ethyl adjacent to an activating group) is 1. The Kier molecular flexibility index (Phi) is 6.09. The van der Waals surface area contributed by atoms with Crippen LogP contribution in [-0.2, 0) is 4.79 Å². The van der Waals surface area contributed by atoms with Crippen molar-refractivity contribution in [3.05, 3.63) is 0 Å². The zero-order valence-electron chi connectivity index (χ0n) is 12.6. The first-order valence-electron chi connectivity index (χ1n) is 7.22. The molecule has 2 saturated heterocycles. The van der Waals surface area contributed by atoms with Crippen LogP contribution in [0.15, 0.2) is 0 Å². The van der Waals surface area contributed by atoms with E-state index in [0.29, 0.717) is 6.42 Å². The Morgan fingerprint density at radius 2 is 1.67 bits per heavy atom. The summed E-state index contributed by atoms with van der Waals surface area (Å²) in [6, 6.07) is 1.46. The largest absolute Gasteiger partial charge is 0.349 e. The van der Waals surface area contributed by atoms with Crippen LogP contribution in [0.5, 0.6) is 0 Å². The number of rotatable bonds is 3. The normalized spacial score (nSPS) is 27.6. The summed E-state index contributed by atoms with van der Waals surface area (Å²) in [4.78, 5) is 18.2. The van der Waals surface area contributed by atoms with Gasteiger partial charge in [0.2, 0.25) is 5.91 Å². The first kappa shape index (κ1) is 15.4. The molecule has 2 fully saturated rings. The number of carbonyl (C=O) groups excluding carboxylic acids is 1. The maximum Gasteiger partial charge on any atom is 0.223 e. The maximum absolute atomic E-state index is 11.5. The summed E-state index contributed by atoms with van der Waals surface area (Å²) in [6.45, 7) is 7.22. The molecular weight excluding hydrogens is 226 g/mol. The highest BCUT2D eigenvalue weighted by Gasteiger charge is 2.37. The van der Waals surface area contributed by atoms with E-state index < -0.39 is 0 Å². The first-order valence-corrected chi connectivity index (χ1v) is 7.22. The second kappa shape index (κ2) is 7.10. The topological polar surface area (TPSA) is 26.8 Å². The van der Waals surface area contributed by atoms with E-state index in [2.05, 4.69) is 16.8 Å². The lowest BCUT2D eigenvalue weighted by Gasteiger charge is -2.38. The van der Waals surface area contributed by atoms with Crippen LogP contribution >= 0.6 is 0 Å². The van der Waals surface area contributed by atoms with Crippen molar-refractivity contribution in [3.8, 4) is 0 Å². The third kappa shape index (κ3) is 3.69. The number of hydrogen-bond acceptors (Lipinski definition) is 3. The number of carbonyl (C=O) groups is 1. The highest BCUT2D eigenvalue weighted by molar-refractivity contribution is 5.75. The molecule has 0 aliphatic carbocycles. The second-order valence-corrected chi connectivity index (χ2v) is 5.35. The van der Waals surface area contributed by atoms with Crippen molar-refractivity contribution in [2.24, 2.45) is 0 Å². The molecule has 2 unspecified atom stereocenters. The molecule has 4 nitrogen and oxygen atoms in total. The Hall–Kier alpha value is -0.610. The van der Waals surface area contributed by atoms with Gasteiger partial charge in [-0.05, 0) is 19.9 Å². The van der Waals surface area contributed by atoms with E-state index in [1.54, 1.807) is 4.90 Å². The van der Waals surface area contributed by atoms with E-state index in [0.717, 1.165) is 31.7 Å². The van der Waals surface area contributed by atoms with Gasteiger partial charge in [0.1, 0.15) is 0 Å². The van der Waals surface area contributed by atoms with Gasteiger partial charge in [0, 0.05) is 52.2 Å². The van der Waals surface area contributed by atoms with Crippen molar-refractivity contribution in [2.75, 3.05) is 40.8 Å². The SMILES string of the molecule is CC.CN(C)C(=O)CCN1CC2CCC(C1)N2C. The molecular formula is C14H29N3O. The summed E-state index contributed by atoms with van der Waals surface area (Å²) in [7, 11) is 5.90. The predicted octanol–water partition coefficient (Wildman–Crippen LogP) is 1.27. The van der Waals surface area contributed by atoms with Crippen molar-refractivity contribution >= 4 is 5.91 Å². The Morgan fingerprint density at radius 1 is 1.17 bits per heavy atom. The molecule has 2 aliphatic heterocycles. The molecule has 2 atom stereocenters. The van der Waals surface area contributed by atoms with E-state index in [-0.39, 0.29) is 5.91 Å². The molecule has 0 aromatic carbocycles. The average Bonchev–Trinajstić information content (AvgIpc) is 2.60. The first-order chi connectivity index (χ1) is 8.58. The monoisotopic (exact) mass is 255 g/mol. The standard InChI is InChI=1S/C12H23N3O.C2H6/c1-13(2)12(16)6-7-15-8-10-4-5-11(9-15)14(10)3;1-2/h10-11H,4-9H2,1-3H3;1-2H3. The predicted molar refractivity (Wildman–Crippen MR) is 75.7 cm³/mol. The van der Waals surface area contributed by atoms with Gasteiger partial charge in [-0.15, -0.1) is 0 Å². The molecule has 1 amide bonds. The molecule has 0 spiro atoms. The molecule has 2 aliphatic rings. The molecule has 18 heavy (non-hydrogen) atoms. The number of piperazine rings is 1. The summed E-state index contributed by atoms with van der Waals surface area (Å²) in [5, 5.41) is 0. The molecule has 2 bridgehead atoms. The van der Waals surface area contributed by atoms with Gasteiger partial charge in [-0.25, -0.2) is 0 Å². The minimum absolute atomic E-state index is 0.242. The minimum atomic E-state index is 0.242. The number of nitrogens with zero attached hydrogens (tertiary/aromatic N) is 3. The fraction of sp³-hybridized carbons (Fsp3) is 0.929. The van der Waals surface area contributed by atoms with Crippen LogP contribution in [0.2, 0.25) is 0 Å². The zero-order valence-corrected chi connectivity index (χ0v) is 12.6. The molecule has 0 saturated carbocycles. The van der Waals surface area contributed by atoms with Gasteiger partial charge >= 0.3 is 0 Å². The molecule has 0 aromatic rings. The summed E-state index contributed by atoms with van der Waals surface area (Å²) < 4.78 is 0. The lowest BCUT2D eigenvalue weighted by molar-refractivity contribution is -0.129. The third-order valence-electron chi connectivity index (χ3n) is 4.06. The van der Waals surface area contributed by atoms with Gasteiger partial charge in [0.05, 0.1) is 0 Å². The van der Waals surface area contributed by atoms with Gasteiger partial charge in [-0.2, -0.15) is 0 Å².